The molecule has 0 fully saturated rings. The zero-order valence-electron chi connectivity index (χ0n) is 8.24. The molecule has 0 spiro atoms. The second-order valence-electron chi connectivity index (χ2n) is 3.20. The Labute approximate surface area is 99.4 Å². The van der Waals surface area contributed by atoms with E-state index in [1.165, 1.54) is 0 Å². The number of hydrogen-bond donors (Lipinski definition) is 1. The van der Waals surface area contributed by atoms with Crippen molar-refractivity contribution in [2.24, 2.45) is 5.92 Å². The topological polar surface area (TPSA) is 9.23 Å². The van der Waals surface area contributed by atoms with Gasteiger partial charge < -0.3 is 4.74 Å². The molecule has 1 aromatic rings. The Morgan fingerprint density at radius 1 is 1.43 bits per heavy atom. The van der Waals surface area contributed by atoms with Gasteiger partial charge >= 0.3 is 0 Å². The van der Waals surface area contributed by atoms with Gasteiger partial charge in [-0.1, -0.05) is 19.1 Å². The summed E-state index contributed by atoms with van der Waals surface area (Å²) in [5, 5.41) is 0. The predicted molar refractivity (Wildman–Crippen MR) is 67.3 cm³/mol. The van der Waals surface area contributed by atoms with Crippen LogP contribution in [0.4, 0.5) is 0 Å². The van der Waals surface area contributed by atoms with E-state index in [0.29, 0.717) is 5.92 Å². The number of rotatable bonds is 5. The van der Waals surface area contributed by atoms with Crippen molar-refractivity contribution in [3.05, 3.63) is 28.7 Å². The maximum absolute atomic E-state index is 5.68. The Balaban J connectivity index is 2.49. The van der Waals surface area contributed by atoms with Gasteiger partial charge in [-0.05, 0) is 40.2 Å². The van der Waals surface area contributed by atoms with Crippen LogP contribution in [0.2, 0.25) is 0 Å². The van der Waals surface area contributed by atoms with Gasteiger partial charge in [0, 0.05) is 5.92 Å². The molecule has 78 valence electrons. The van der Waals surface area contributed by atoms with Crippen molar-refractivity contribution in [3.63, 3.8) is 0 Å². The maximum Gasteiger partial charge on any atom is 0.133 e. The summed E-state index contributed by atoms with van der Waals surface area (Å²) in [4.78, 5) is 0. The average molecular weight is 275 g/mol. The summed E-state index contributed by atoms with van der Waals surface area (Å²) in [5.41, 5.74) is 0. The fraction of sp³-hybridized carbons (Fsp3) is 0.455. The average Bonchev–Trinajstić information content (AvgIpc) is 2.22. The van der Waals surface area contributed by atoms with Crippen LogP contribution >= 0.6 is 28.6 Å². The lowest BCUT2D eigenvalue weighted by Gasteiger charge is -2.14. The summed E-state index contributed by atoms with van der Waals surface area (Å²) in [7, 11) is 0. The molecule has 0 heterocycles. The molecule has 3 heteroatoms. The van der Waals surface area contributed by atoms with Crippen molar-refractivity contribution in [2.45, 2.75) is 13.3 Å². The van der Waals surface area contributed by atoms with E-state index < -0.39 is 0 Å². The van der Waals surface area contributed by atoms with Crippen LogP contribution in [0.15, 0.2) is 28.7 Å². The van der Waals surface area contributed by atoms with Gasteiger partial charge in [-0.25, -0.2) is 0 Å². The maximum atomic E-state index is 5.68. The Bertz CT molecular complexity index is 274. The molecule has 0 saturated carbocycles. The third kappa shape index (κ3) is 3.54. The standard InChI is InChI=1S/C11H15BrOS/c1-2-9(8-14)7-13-11-6-4-3-5-10(11)12/h3-6,9,14H,2,7-8H2,1H3. The molecule has 1 atom stereocenters. The van der Waals surface area contributed by atoms with Crippen molar-refractivity contribution in [2.75, 3.05) is 12.4 Å². The van der Waals surface area contributed by atoms with Crippen LogP contribution < -0.4 is 4.74 Å². The lowest BCUT2D eigenvalue weighted by Crippen LogP contribution is -2.12. The van der Waals surface area contributed by atoms with Crippen LogP contribution in [-0.2, 0) is 0 Å². The van der Waals surface area contributed by atoms with Gasteiger partial charge in [0.2, 0.25) is 0 Å². The molecule has 0 radical (unpaired) electrons. The highest BCUT2D eigenvalue weighted by atomic mass is 79.9. The van der Waals surface area contributed by atoms with Crippen molar-refractivity contribution in [3.8, 4) is 5.75 Å². The molecule has 0 saturated heterocycles. The summed E-state index contributed by atoms with van der Waals surface area (Å²) in [6.07, 6.45) is 1.11. The van der Waals surface area contributed by atoms with Crippen molar-refractivity contribution in [1.29, 1.82) is 0 Å². The van der Waals surface area contributed by atoms with E-state index >= 15 is 0 Å². The summed E-state index contributed by atoms with van der Waals surface area (Å²) < 4.78 is 6.69. The fourth-order valence-electron chi connectivity index (χ4n) is 1.07. The van der Waals surface area contributed by atoms with Gasteiger partial charge in [-0.2, -0.15) is 12.6 Å². The first-order chi connectivity index (χ1) is 6.77. The van der Waals surface area contributed by atoms with Crippen LogP contribution in [0.5, 0.6) is 5.75 Å². The second-order valence-corrected chi connectivity index (χ2v) is 4.42. The molecule has 14 heavy (non-hydrogen) atoms. The van der Waals surface area contributed by atoms with Crippen LogP contribution in [0.3, 0.4) is 0 Å². The van der Waals surface area contributed by atoms with Crippen LogP contribution in [0, 0.1) is 5.92 Å². The molecule has 0 aliphatic carbocycles. The summed E-state index contributed by atoms with van der Waals surface area (Å²) in [6.45, 7) is 2.90. The molecule has 0 aromatic heterocycles. The molecule has 0 N–H and O–H groups in total. The summed E-state index contributed by atoms with van der Waals surface area (Å²) >= 11 is 7.72. The number of thiol groups is 1. The quantitative estimate of drug-likeness (QED) is 0.804. The minimum Gasteiger partial charge on any atom is -0.492 e. The van der Waals surface area contributed by atoms with E-state index in [1.54, 1.807) is 0 Å². The first-order valence-electron chi connectivity index (χ1n) is 4.76. The predicted octanol–water partition coefficient (Wildman–Crippen LogP) is 3.78. The summed E-state index contributed by atoms with van der Waals surface area (Å²) in [6, 6.07) is 7.90. The normalized spacial score (nSPS) is 12.5. The van der Waals surface area contributed by atoms with Gasteiger partial charge in [0.05, 0.1) is 11.1 Å². The zero-order chi connectivity index (χ0) is 10.4. The molecule has 1 unspecified atom stereocenters. The molecule has 1 aromatic carbocycles. The zero-order valence-corrected chi connectivity index (χ0v) is 10.7. The molecule has 0 amide bonds. The third-order valence-corrected chi connectivity index (χ3v) is 3.32. The number of ether oxygens (including phenoxy) is 1. The van der Waals surface area contributed by atoms with Gasteiger partial charge in [-0.15, -0.1) is 0 Å². The van der Waals surface area contributed by atoms with Crippen LogP contribution in [-0.4, -0.2) is 12.4 Å². The van der Waals surface area contributed by atoms with E-state index in [4.69, 9.17) is 4.74 Å². The van der Waals surface area contributed by atoms with Crippen molar-refractivity contribution >= 4 is 28.6 Å². The molecular weight excluding hydrogens is 260 g/mol. The first-order valence-corrected chi connectivity index (χ1v) is 6.18. The van der Waals surface area contributed by atoms with E-state index in [1.807, 2.05) is 24.3 Å². The summed E-state index contributed by atoms with van der Waals surface area (Å²) in [5.74, 6) is 2.32. The Morgan fingerprint density at radius 2 is 2.14 bits per heavy atom. The largest absolute Gasteiger partial charge is 0.492 e. The van der Waals surface area contributed by atoms with Crippen LogP contribution in [0.1, 0.15) is 13.3 Å². The minimum absolute atomic E-state index is 0.533. The Hall–Kier alpha value is -0.150. The van der Waals surface area contributed by atoms with Crippen molar-refractivity contribution < 1.29 is 4.74 Å². The third-order valence-electron chi connectivity index (χ3n) is 2.15. The lowest BCUT2D eigenvalue weighted by molar-refractivity contribution is 0.258. The Kier molecular flexibility index (Phi) is 5.41. The number of halogens is 1. The molecule has 0 aliphatic heterocycles. The first kappa shape index (κ1) is 11.9. The SMILES string of the molecule is CCC(CS)COc1ccccc1Br. The monoisotopic (exact) mass is 274 g/mol. The number of benzene rings is 1. The van der Waals surface area contributed by atoms with Gasteiger partial charge in [0.1, 0.15) is 5.75 Å². The van der Waals surface area contributed by atoms with Gasteiger partial charge in [0.25, 0.3) is 0 Å². The number of para-hydroxylation sites is 1. The van der Waals surface area contributed by atoms with Gasteiger partial charge in [0.15, 0.2) is 0 Å². The minimum atomic E-state index is 0.533. The highest BCUT2D eigenvalue weighted by Gasteiger charge is 2.06. The molecular formula is C11H15BrOS. The molecule has 1 nitrogen and oxygen atoms in total. The van der Waals surface area contributed by atoms with E-state index in [0.717, 1.165) is 29.0 Å². The number of hydrogen-bond acceptors (Lipinski definition) is 2. The van der Waals surface area contributed by atoms with Crippen molar-refractivity contribution in [1.82, 2.24) is 0 Å². The Morgan fingerprint density at radius 3 is 2.71 bits per heavy atom. The molecule has 0 aliphatic rings. The van der Waals surface area contributed by atoms with Gasteiger partial charge in [-0.3, -0.25) is 0 Å². The van der Waals surface area contributed by atoms with E-state index in [-0.39, 0.29) is 0 Å². The van der Waals surface area contributed by atoms with Crippen LogP contribution in [0.25, 0.3) is 0 Å². The molecule has 0 bridgehead atoms. The smallest absolute Gasteiger partial charge is 0.133 e. The highest BCUT2D eigenvalue weighted by molar-refractivity contribution is 9.10. The molecule has 1 rings (SSSR count). The second kappa shape index (κ2) is 6.36. The van der Waals surface area contributed by atoms with E-state index in [9.17, 15) is 0 Å². The fourth-order valence-corrected chi connectivity index (χ4v) is 1.83. The van der Waals surface area contributed by atoms with E-state index in [2.05, 4.69) is 35.5 Å². The highest BCUT2D eigenvalue weighted by Crippen LogP contribution is 2.24. The lowest BCUT2D eigenvalue weighted by atomic mass is 10.1.